The maximum atomic E-state index is 5.75. The number of nitrogens with zero attached hydrogens (tertiary/aromatic N) is 1. The second kappa shape index (κ2) is 5.35. The number of rotatable bonds is 5. The standard InChI is InChI=1S/C14H22N2/c1-12(15)6-4-5-10-16-11-9-13-7-2-3-8-14(13)16/h2-3,7-8,12H,4-6,9-11,15H2,1H3. The monoisotopic (exact) mass is 218 g/mol. The molecular weight excluding hydrogens is 196 g/mol. The number of unbranched alkanes of at least 4 members (excludes halogenated alkanes) is 1. The first-order chi connectivity index (χ1) is 7.77. The maximum Gasteiger partial charge on any atom is 0.0399 e. The molecule has 0 radical (unpaired) electrons. The highest BCUT2D eigenvalue weighted by atomic mass is 15.1. The Kier molecular flexibility index (Phi) is 3.83. The van der Waals surface area contributed by atoms with Crippen LogP contribution in [0.4, 0.5) is 5.69 Å². The minimum absolute atomic E-state index is 0.353. The smallest absolute Gasteiger partial charge is 0.0399 e. The first-order valence-electron chi connectivity index (χ1n) is 6.36. The van der Waals surface area contributed by atoms with Crippen molar-refractivity contribution in [3.05, 3.63) is 29.8 Å². The summed E-state index contributed by atoms with van der Waals surface area (Å²) in [5.74, 6) is 0. The molecule has 88 valence electrons. The van der Waals surface area contributed by atoms with E-state index in [9.17, 15) is 0 Å². The van der Waals surface area contributed by atoms with Gasteiger partial charge >= 0.3 is 0 Å². The third-order valence-electron chi connectivity index (χ3n) is 3.32. The van der Waals surface area contributed by atoms with Gasteiger partial charge < -0.3 is 10.6 Å². The highest BCUT2D eigenvalue weighted by Gasteiger charge is 2.17. The van der Waals surface area contributed by atoms with Gasteiger partial charge in [0.15, 0.2) is 0 Å². The molecule has 2 heteroatoms. The molecular formula is C14H22N2. The lowest BCUT2D eigenvalue weighted by atomic mass is 10.1. The van der Waals surface area contributed by atoms with E-state index in [1.54, 1.807) is 0 Å². The number of para-hydroxylation sites is 1. The summed E-state index contributed by atoms with van der Waals surface area (Å²) in [5.41, 5.74) is 8.71. The average Bonchev–Trinajstić information content (AvgIpc) is 2.68. The maximum absolute atomic E-state index is 5.75. The van der Waals surface area contributed by atoms with E-state index in [1.165, 1.54) is 43.6 Å². The van der Waals surface area contributed by atoms with Crippen molar-refractivity contribution in [1.82, 2.24) is 0 Å². The summed E-state index contributed by atoms with van der Waals surface area (Å²) in [7, 11) is 0. The van der Waals surface area contributed by atoms with Crippen molar-refractivity contribution in [2.24, 2.45) is 5.73 Å². The van der Waals surface area contributed by atoms with Gasteiger partial charge in [0.05, 0.1) is 0 Å². The molecule has 1 aliphatic heterocycles. The third kappa shape index (κ3) is 2.76. The normalized spacial score (nSPS) is 16.2. The largest absolute Gasteiger partial charge is 0.371 e. The van der Waals surface area contributed by atoms with E-state index >= 15 is 0 Å². The molecule has 0 spiro atoms. The zero-order valence-corrected chi connectivity index (χ0v) is 10.2. The molecule has 0 saturated carbocycles. The van der Waals surface area contributed by atoms with Gasteiger partial charge in [-0.2, -0.15) is 0 Å². The minimum atomic E-state index is 0.353. The molecule has 0 fully saturated rings. The zero-order chi connectivity index (χ0) is 11.4. The third-order valence-corrected chi connectivity index (χ3v) is 3.32. The first kappa shape index (κ1) is 11.5. The van der Waals surface area contributed by atoms with Gasteiger partial charge in [-0.3, -0.25) is 0 Å². The molecule has 1 atom stereocenters. The number of nitrogens with two attached hydrogens (primary N) is 1. The zero-order valence-electron chi connectivity index (χ0n) is 10.2. The van der Waals surface area contributed by atoms with Gasteiger partial charge in [0.2, 0.25) is 0 Å². The molecule has 0 aliphatic carbocycles. The molecule has 2 rings (SSSR count). The van der Waals surface area contributed by atoms with Crippen LogP contribution in [0.2, 0.25) is 0 Å². The number of anilines is 1. The van der Waals surface area contributed by atoms with Crippen LogP contribution in [0.3, 0.4) is 0 Å². The van der Waals surface area contributed by atoms with Crippen molar-refractivity contribution in [2.45, 2.75) is 38.6 Å². The molecule has 0 bridgehead atoms. The Morgan fingerprint density at radius 3 is 2.94 bits per heavy atom. The molecule has 16 heavy (non-hydrogen) atoms. The van der Waals surface area contributed by atoms with Gasteiger partial charge in [-0.1, -0.05) is 24.6 Å². The fourth-order valence-electron chi connectivity index (χ4n) is 2.41. The van der Waals surface area contributed by atoms with E-state index in [2.05, 4.69) is 36.1 Å². The quantitative estimate of drug-likeness (QED) is 0.770. The van der Waals surface area contributed by atoms with Crippen molar-refractivity contribution < 1.29 is 0 Å². The summed E-state index contributed by atoms with van der Waals surface area (Å²) in [4.78, 5) is 2.51. The minimum Gasteiger partial charge on any atom is -0.371 e. The lowest BCUT2D eigenvalue weighted by molar-refractivity contribution is 0.592. The number of fused-ring (bicyclic) bond motifs is 1. The fourth-order valence-corrected chi connectivity index (χ4v) is 2.41. The van der Waals surface area contributed by atoms with Crippen molar-refractivity contribution >= 4 is 5.69 Å². The lowest BCUT2D eigenvalue weighted by Gasteiger charge is -2.19. The van der Waals surface area contributed by atoms with E-state index in [0.717, 1.165) is 6.42 Å². The summed E-state index contributed by atoms with van der Waals surface area (Å²) in [5, 5.41) is 0. The summed E-state index contributed by atoms with van der Waals surface area (Å²) in [6.45, 7) is 4.46. The molecule has 0 aromatic heterocycles. The molecule has 1 aromatic rings. The lowest BCUT2D eigenvalue weighted by Crippen LogP contribution is -2.22. The summed E-state index contributed by atoms with van der Waals surface area (Å²) >= 11 is 0. The fraction of sp³-hybridized carbons (Fsp3) is 0.571. The van der Waals surface area contributed by atoms with Gasteiger partial charge in [0.25, 0.3) is 0 Å². The van der Waals surface area contributed by atoms with Crippen LogP contribution < -0.4 is 10.6 Å². The van der Waals surface area contributed by atoms with Crippen LogP contribution >= 0.6 is 0 Å². The molecule has 1 heterocycles. The molecule has 0 saturated heterocycles. The van der Waals surface area contributed by atoms with Gasteiger partial charge in [-0.25, -0.2) is 0 Å². The number of benzene rings is 1. The Morgan fingerprint density at radius 1 is 1.31 bits per heavy atom. The Bertz CT molecular complexity index is 333. The van der Waals surface area contributed by atoms with Crippen LogP contribution in [0, 0.1) is 0 Å². The molecule has 1 aliphatic rings. The number of hydrogen-bond acceptors (Lipinski definition) is 2. The van der Waals surface area contributed by atoms with Crippen molar-refractivity contribution in [3.63, 3.8) is 0 Å². The molecule has 1 aromatic carbocycles. The van der Waals surface area contributed by atoms with Crippen LogP contribution in [-0.2, 0) is 6.42 Å². The Morgan fingerprint density at radius 2 is 2.12 bits per heavy atom. The van der Waals surface area contributed by atoms with Crippen LogP contribution in [0.1, 0.15) is 31.7 Å². The van der Waals surface area contributed by atoms with Crippen molar-refractivity contribution in [2.75, 3.05) is 18.0 Å². The molecule has 1 unspecified atom stereocenters. The van der Waals surface area contributed by atoms with Crippen LogP contribution in [0.5, 0.6) is 0 Å². The molecule has 2 N–H and O–H groups in total. The summed E-state index contributed by atoms with van der Waals surface area (Å²) < 4.78 is 0. The van der Waals surface area contributed by atoms with Crippen LogP contribution in [0.15, 0.2) is 24.3 Å². The highest BCUT2D eigenvalue weighted by molar-refractivity contribution is 5.57. The summed E-state index contributed by atoms with van der Waals surface area (Å²) in [6, 6.07) is 9.12. The van der Waals surface area contributed by atoms with E-state index in [1.807, 2.05) is 0 Å². The second-order valence-electron chi connectivity index (χ2n) is 4.84. The Balaban J connectivity index is 1.80. The van der Waals surface area contributed by atoms with Crippen molar-refractivity contribution in [1.29, 1.82) is 0 Å². The van der Waals surface area contributed by atoms with Crippen LogP contribution in [0.25, 0.3) is 0 Å². The summed E-state index contributed by atoms with van der Waals surface area (Å²) in [6.07, 6.45) is 4.87. The van der Waals surface area contributed by atoms with E-state index in [4.69, 9.17) is 5.73 Å². The van der Waals surface area contributed by atoms with Gasteiger partial charge in [-0.05, 0) is 37.8 Å². The van der Waals surface area contributed by atoms with Gasteiger partial charge in [-0.15, -0.1) is 0 Å². The van der Waals surface area contributed by atoms with E-state index in [-0.39, 0.29) is 0 Å². The molecule has 2 nitrogen and oxygen atoms in total. The first-order valence-corrected chi connectivity index (χ1v) is 6.36. The second-order valence-corrected chi connectivity index (χ2v) is 4.84. The van der Waals surface area contributed by atoms with E-state index < -0.39 is 0 Å². The topological polar surface area (TPSA) is 29.3 Å². The highest BCUT2D eigenvalue weighted by Crippen LogP contribution is 2.27. The Labute approximate surface area is 98.4 Å². The Hall–Kier alpha value is -1.02. The van der Waals surface area contributed by atoms with E-state index in [0.29, 0.717) is 6.04 Å². The van der Waals surface area contributed by atoms with Gasteiger partial charge in [0.1, 0.15) is 0 Å². The predicted octanol–water partition coefficient (Wildman–Crippen LogP) is 2.57. The van der Waals surface area contributed by atoms with Crippen molar-refractivity contribution in [3.8, 4) is 0 Å². The molecule has 0 amide bonds. The predicted molar refractivity (Wildman–Crippen MR) is 69.9 cm³/mol. The SMILES string of the molecule is CC(N)CCCCN1CCc2ccccc21. The number of hydrogen-bond donors (Lipinski definition) is 1. The van der Waals surface area contributed by atoms with Crippen LogP contribution in [-0.4, -0.2) is 19.1 Å². The average molecular weight is 218 g/mol. The van der Waals surface area contributed by atoms with Gasteiger partial charge in [0, 0.05) is 24.8 Å².